The molecule has 0 saturated heterocycles. The van der Waals surface area contributed by atoms with Crippen molar-refractivity contribution in [1.29, 1.82) is 0 Å². The Kier molecular flexibility index (Phi) is 3.12. The number of hydrogen-bond donors (Lipinski definition) is 2. The molecular formula is C14H14N4O. The van der Waals surface area contributed by atoms with Crippen LogP contribution in [0.25, 0.3) is 11.5 Å². The Labute approximate surface area is 110 Å². The summed E-state index contributed by atoms with van der Waals surface area (Å²) in [6.45, 7) is 0. The summed E-state index contributed by atoms with van der Waals surface area (Å²) in [6, 6.07) is 13.5. The van der Waals surface area contributed by atoms with E-state index in [9.17, 15) is 0 Å². The maximum atomic E-state index is 6.09. The predicted octanol–water partition coefficient (Wildman–Crippen LogP) is 2.31. The van der Waals surface area contributed by atoms with Crippen molar-refractivity contribution >= 4 is 0 Å². The molecular weight excluding hydrogens is 240 g/mol. The van der Waals surface area contributed by atoms with E-state index >= 15 is 0 Å². The van der Waals surface area contributed by atoms with Gasteiger partial charge in [-0.1, -0.05) is 35.5 Å². The third-order valence-electron chi connectivity index (χ3n) is 2.90. The zero-order valence-corrected chi connectivity index (χ0v) is 10.3. The summed E-state index contributed by atoms with van der Waals surface area (Å²) in [7, 11) is 0. The van der Waals surface area contributed by atoms with E-state index in [0.717, 1.165) is 11.3 Å². The molecule has 3 aromatic rings. The van der Waals surface area contributed by atoms with E-state index < -0.39 is 0 Å². The minimum absolute atomic E-state index is 0.293. The highest BCUT2D eigenvalue weighted by molar-refractivity contribution is 5.47. The molecule has 2 aromatic heterocycles. The second-order valence-corrected chi connectivity index (χ2v) is 4.34. The van der Waals surface area contributed by atoms with Crippen LogP contribution in [0.15, 0.2) is 53.2 Å². The van der Waals surface area contributed by atoms with Crippen molar-refractivity contribution in [3.05, 3.63) is 60.1 Å². The molecule has 19 heavy (non-hydrogen) atoms. The third-order valence-corrected chi connectivity index (χ3v) is 2.90. The van der Waals surface area contributed by atoms with Crippen LogP contribution in [0.4, 0.5) is 0 Å². The smallest absolute Gasteiger partial charge is 0.244 e. The molecule has 0 saturated carbocycles. The van der Waals surface area contributed by atoms with E-state index in [2.05, 4.69) is 15.1 Å². The number of rotatable bonds is 4. The van der Waals surface area contributed by atoms with E-state index in [0.29, 0.717) is 18.1 Å². The lowest BCUT2D eigenvalue weighted by molar-refractivity contribution is 0.354. The van der Waals surface area contributed by atoms with Gasteiger partial charge < -0.3 is 15.2 Å². The Morgan fingerprint density at radius 1 is 1.16 bits per heavy atom. The molecule has 2 heterocycles. The first-order valence-electron chi connectivity index (χ1n) is 6.10. The summed E-state index contributed by atoms with van der Waals surface area (Å²) in [4.78, 5) is 7.34. The average Bonchev–Trinajstić information content (AvgIpc) is 3.11. The van der Waals surface area contributed by atoms with Crippen LogP contribution >= 0.6 is 0 Å². The second kappa shape index (κ2) is 5.07. The van der Waals surface area contributed by atoms with E-state index in [-0.39, 0.29) is 6.04 Å². The van der Waals surface area contributed by atoms with Crippen LogP contribution in [0.2, 0.25) is 0 Å². The highest BCUT2D eigenvalue weighted by Crippen LogP contribution is 2.18. The van der Waals surface area contributed by atoms with Crippen LogP contribution in [-0.4, -0.2) is 15.1 Å². The fourth-order valence-corrected chi connectivity index (χ4v) is 1.92. The Hall–Kier alpha value is -2.40. The molecule has 0 aliphatic rings. The highest BCUT2D eigenvalue weighted by Gasteiger charge is 2.16. The second-order valence-electron chi connectivity index (χ2n) is 4.34. The molecule has 0 bridgehead atoms. The van der Waals surface area contributed by atoms with Gasteiger partial charge in [0.15, 0.2) is 0 Å². The maximum Gasteiger partial charge on any atom is 0.244 e. The Bertz CT molecular complexity index is 631. The zero-order chi connectivity index (χ0) is 13.1. The fraction of sp³-hybridized carbons (Fsp3) is 0.143. The number of nitrogens with two attached hydrogens (primary N) is 1. The molecule has 0 aliphatic heterocycles. The minimum Gasteiger partial charge on any atom is -0.359 e. The summed E-state index contributed by atoms with van der Waals surface area (Å²) in [6.07, 6.45) is 2.49. The number of nitrogens with zero attached hydrogens (tertiary/aromatic N) is 2. The largest absolute Gasteiger partial charge is 0.359 e. The highest BCUT2D eigenvalue weighted by atomic mass is 16.5. The van der Waals surface area contributed by atoms with Gasteiger partial charge in [-0.15, -0.1) is 0 Å². The number of H-pyrrole nitrogens is 1. The van der Waals surface area contributed by atoms with Gasteiger partial charge in [0.05, 0.1) is 11.7 Å². The number of hydrogen-bond acceptors (Lipinski definition) is 4. The van der Waals surface area contributed by atoms with Gasteiger partial charge in [-0.25, -0.2) is 0 Å². The Balaban J connectivity index is 1.76. The van der Waals surface area contributed by atoms with Crippen molar-refractivity contribution in [2.45, 2.75) is 12.5 Å². The van der Waals surface area contributed by atoms with Crippen LogP contribution in [0, 0.1) is 0 Å². The number of aromatic nitrogens is 3. The molecule has 0 amide bonds. The normalized spacial score (nSPS) is 12.5. The summed E-state index contributed by atoms with van der Waals surface area (Å²) in [5.74, 6) is 0.983. The van der Waals surface area contributed by atoms with Crippen molar-refractivity contribution in [2.24, 2.45) is 5.73 Å². The predicted molar refractivity (Wildman–Crippen MR) is 71.2 cm³/mol. The summed E-state index contributed by atoms with van der Waals surface area (Å²) in [5, 5.41) is 3.92. The molecule has 3 rings (SSSR count). The van der Waals surface area contributed by atoms with Gasteiger partial charge in [-0.3, -0.25) is 0 Å². The van der Waals surface area contributed by atoms with Crippen molar-refractivity contribution in [1.82, 2.24) is 15.1 Å². The molecule has 0 spiro atoms. The standard InChI is InChI=1S/C14H14N4O/c15-11(9-10-5-2-1-3-6-10)14-17-13(18-19-14)12-7-4-8-16-12/h1-8,11,16H,9,15H2/t11-/m0/s1. The van der Waals surface area contributed by atoms with E-state index in [1.54, 1.807) is 0 Å². The van der Waals surface area contributed by atoms with Crippen LogP contribution in [0.5, 0.6) is 0 Å². The third kappa shape index (κ3) is 2.56. The molecule has 5 heteroatoms. The quantitative estimate of drug-likeness (QED) is 0.748. The minimum atomic E-state index is -0.293. The number of nitrogens with one attached hydrogen (secondary N) is 1. The van der Waals surface area contributed by atoms with Crippen LogP contribution in [0.3, 0.4) is 0 Å². The van der Waals surface area contributed by atoms with Crippen LogP contribution in [0.1, 0.15) is 17.5 Å². The van der Waals surface area contributed by atoms with Crippen molar-refractivity contribution < 1.29 is 4.52 Å². The van der Waals surface area contributed by atoms with Gasteiger partial charge in [0.2, 0.25) is 11.7 Å². The van der Waals surface area contributed by atoms with E-state index in [1.165, 1.54) is 0 Å². The molecule has 3 N–H and O–H groups in total. The molecule has 0 unspecified atom stereocenters. The molecule has 5 nitrogen and oxygen atoms in total. The summed E-state index contributed by atoms with van der Waals surface area (Å²) in [5.41, 5.74) is 8.06. The zero-order valence-electron chi connectivity index (χ0n) is 10.3. The van der Waals surface area contributed by atoms with Gasteiger partial charge in [0.25, 0.3) is 0 Å². The molecule has 1 atom stereocenters. The van der Waals surface area contributed by atoms with Gasteiger partial charge in [0, 0.05) is 6.20 Å². The summed E-state index contributed by atoms with van der Waals surface area (Å²) < 4.78 is 5.22. The average molecular weight is 254 g/mol. The van der Waals surface area contributed by atoms with Gasteiger partial charge in [0.1, 0.15) is 0 Å². The molecule has 96 valence electrons. The van der Waals surface area contributed by atoms with Gasteiger partial charge >= 0.3 is 0 Å². The topological polar surface area (TPSA) is 80.7 Å². The fourth-order valence-electron chi connectivity index (χ4n) is 1.92. The van der Waals surface area contributed by atoms with Gasteiger partial charge in [-0.05, 0) is 24.1 Å². The van der Waals surface area contributed by atoms with Crippen molar-refractivity contribution in [3.63, 3.8) is 0 Å². The van der Waals surface area contributed by atoms with Crippen LogP contribution in [-0.2, 0) is 6.42 Å². The number of benzene rings is 1. The number of aromatic amines is 1. The summed E-state index contributed by atoms with van der Waals surface area (Å²) >= 11 is 0. The first-order valence-corrected chi connectivity index (χ1v) is 6.10. The first kappa shape index (κ1) is 11.7. The lowest BCUT2D eigenvalue weighted by Gasteiger charge is -2.05. The molecule has 1 aromatic carbocycles. The van der Waals surface area contributed by atoms with Gasteiger partial charge in [-0.2, -0.15) is 4.98 Å². The monoisotopic (exact) mass is 254 g/mol. The first-order chi connectivity index (χ1) is 9.33. The lowest BCUT2D eigenvalue weighted by atomic mass is 10.1. The Morgan fingerprint density at radius 2 is 2.00 bits per heavy atom. The SMILES string of the molecule is N[C@@H](Cc1ccccc1)c1nc(-c2ccc[nH]2)no1. The van der Waals surface area contributed by atoms with Crippen LogP contribution < -0.4 is 5.73 Å². The Morgan fingerprint density at radius 3 is 2.74 bits per heavy atom. The van der Waals surface area contributed by atoms with Crippen molar-refractivity contribution in [3.8, 4) is 11.5 Å². The van der Waals surface area contributed by atoms with Crippen molar-refractivity contribution in [2.75, 3.05) is 0 Å². The van der Waals surface area contributed by atoms with E-state index in [1.807, 2.05) is 48.7 Å². The lowest BCUT2D eigenvalue weighted by Crippen LogP contribution is -2.13. The molecule has 0 radical (unpaired) electrons. The van der Waals surface area contributed by atoms with E-state index in [4.69, 9.17) is 10.3 Å². The molecule has 0 fully saturated rings. The molecule has 0 aliphatic carbocycles. The maximum absolute atomic E-state index is 6.09.